The monoisotopic (exact) mass is 431 g/mol. The summed E-state index contributed by atoms with van der Waals surface area (Å²) in [5.41, 5.74) is 2.09. The van der Waals surface area contributed by atoms with Crippen LogP contribution in [-0.2, 0) is 16.1 Å². The molecule has 2 aromatic heterocycles. The molecule has 3 rings (SSSR count). The first kappa shape index (κ1) is 21.3. The third-order valence-corrected chi connectivity index (χ3v) is 4.70. The summed E-state index contributed by atoms with van der Waals surface area (Å²) in [7, 11) is 1.28. The van der Waals surface area contributed by atoms with Crippen molar-refractivity contribution in [3.8, 4) is 5.69 Å². The summed E-state index contributed by atoms with van der Waals surface area (Å²) in [5, 5.41) is 7.30. The van der Waals surface area contributed by atoms with Gasteiger partial charge in [-0.25, -0.2) is 13.9 Å². The van der Waals surface area contributed by atoms with E-state index in [2.05, 4.69) is 15.2 Å². The van der Waals surface area contributed by atoms with E-state index in [-0.39, 0.29) is 18.3 Å². The number of halogens is 2. The minimum absolute atomic E-state index is 0.0998. The van der Waals surface area contributed by atoms with Crippen LogP contribution >= 0.6 is 11.6 Å². The van der Waals surface area contributed by atoms with Crippen LogP contribution < -0.4 is 5.32 Å². The Bertz CT molecular complexity index is 1120. The van der Waals surface area contributed by atoms with E-state index < -0.39 is 5.97 Å². The van der Waals surface area contributed by atoms with E-state index >= 15 is 0 Å². The van der Waals surface area contributed by atoms with Crippen LogP contribution in [0, 0.1) is 19.7 Å². The number of hydrogen-bond donors (Lipinski definition) is 1. The van der Waals surface area contributed by atoms with Crippen LogP contribution in [0.3, 0.4) is 0 Å². The minimum Gasteiger partial charge on any atom is -0.465 e. The highest BCUT2D eigenvalue weighted by molar-refractivity contribution is 6.31. The number of furan rings is 1. The zero-order chi connectivity index (χ0) is 21.8. The summed E-state index contributed by atoms with van der Waals surface area (Å²) in [6.07, 6.45) is 2.87. The SMILES string of the molecule is COC(=O)c1cc(CNC(=O)/C=C/c2c(C)nn(-c3ccc(F)cc3)c2Cl)oc1C. The predicted molar refractivity (Wildman–Crippen MR) is 109 cm³/mol. The lowest BCUT2D eigenvalue weighted by atomic mass is 10.2. The Morgan fingerprint density at radius 1 is 1.30 bits per heavy atom. The molecule has 3 aromatic rings. The molecule has 0 unspecified atom stereocenters. The van der Waals surface area contributed by atoms with Crippen LogP contribution in [0.1, 0.15) is 33.1 Å². The molecule has 0 fully saturated rings. The van der Waals surface area contributed by atoms with Gasteiger partial charge in [0.15, 0.2) is 0 Å². The number of carbonyl (C=O) groups is 2. The zero-order valence-electron chi connectivity index (χ0n) is 16.5. The number of hydrogen-bond acceptors (Lipinski definition) is 5. The maximum Gasteiger partial charge on any atom is 0.341 e. The van der Waals surface area contributed by atoms with Crippen molar-refractivity contribution in [1.82, 2.24) is 15.1 Å². The minimum atomic E-state index is -0.503. The standard InChI is InChI=1S/C21H19ClFN3O4/c1-12-17(20(22)26(25-12)15-6-4-14(23)5-7-15)8-9-19(27)24-11-16-10-18(13(2)30-16)21(28)29-3/h4-10H,11H2,1-3H3,(H,24,27)/b9-8+. The molecule has 0 aliphatic heterocycles. The maximum absolute atomic E-state index is 13.1. The summed E-state index contributed by atoms with van der Waals surface area (Å²) in [5.74, 6) is -0.406. The number of aromatic nitrogens is 2. The average Bonchev–Trinajstić information content (AvgIpc) is 3.24. The Morgan fingerprint density at radius 3 is 2.67 bits per heavy atom. The summed E-state index contributed by atoms with van der Waals surface area (Å²) < 4.78 is 24.7. The van der Waals surface area contributed by atoms with Crippen LogP contribution in [0.5, 0.6) is 0 Å². The van der Waals surface area contributed by atoms with E-state index in [4.69, 9.17) is 16.0 Å². The average molecular weight is 432 g/mol. The third-order valence-electron chi connectivity index (χ3n) is 4.33. The predicted octanol–water partition coefficient (Wildman–Crippen LogP) is 3.99. The normalized spacial score (nSPS) is 11.1. The fraction of sp³-hybridized carbons (Fsp3) is 0.190. The molecule has 0 bridgehead atoms. The zero-order valence-corrected chi connectivity index (χ0v) is 17.3. The molecule has 1 aromatic carbocycles. The van der Waals surface area contributed by atoms with Gasteiger partial charge in [-0.05, 0) is 50.3 Å². The molecule has 0 radical (unpaired) electrons. The van der Waals surface area contributed by atoms with Crippen molar-refractivity contribution in [1.29, 1.82) is 0 Å². The Kier molecular flexibility index (Phi) is 6.37. The Hall–Kier alpha value is -3.39. The van der Waals surface area contributed by atoms with E-state index in [1.54, 1.807) is 32.1 Å². The first-order chi connectivity index (χ1) is 14.3. The van der Waals surface area contributed by atoms with Crippen molar-refractivity contribution < 1.29 is 23.1 Å². The second-order valence-electron chi connectivity index (χ2n) is 6.40. The molecule has 0 aliphatic carbocycles. The highest BCUT2D eigenvalue weighted by Gasteiger charge is 2.16. The Morgan fingerprint density at radius 2 is 2.00 bits per heavy atom. The number of aryl methyl sites for hydroxylation is 2. The molecule has 9 heteroatoms. The molecule has 0 spiro atoms. The van der Waals surface area contributed by atoms with Crippen molar-refractivity contribution in [2.24, 2.45) is 0 Å². The molecular formula is C21H19ClFN3O4. The van der Waals surface area contributed by atoms with E-state index in [9.17, 15) is 14.0 Å². The molecule has 1 N–H and O–H groups in total. The first-order valence-corrected chi connectivity index (χ1v) is 9.32. The summed E-state index contributed by atoms with van der Waals surface area (Å²) in [4.78, 5) is 23.8. The van der Waals surface area contributed by atoms with Gasteiger partial charge in [0.2, 0.25) is 5.91 Å². The number of benzene rings is 1. The number of nitrogens with one attached hydrogen (secondary N) is 1. The highest BCUT2D eigenvalue weighted by atomic mass is 35.5. The van der Waals surface area contributed by atoms with Gasteiger partial charge in [-0.1, -0.05) is 11.6 Å². The first-order valence-electron chi connectivity index (χ1n) is 8.94. The van der Waals surface area contributed by atoms with Crippen LogP contribution in [-0.4, -0.2) is 28.8 Å². The molecule has 0 aliphatic rings. The Labute approximate surface area is 177 Å². The lowest BCUT2D eigenvalue weighted by Crippen LogP contribution is -2.19. The van der Waals surface area contributed by atoms with Gasteiger partial charge in [-0.3, -0.25) is 4.79 Å². The smallest absolute Gasteiger partial charge is 0.341 e. The van der Waals surface area contributed by atoms with Gasteiger partial charge in [-0.2, -0.15) is 5.10 Å². The molecule has 7 nitrogen and oxygen atoms in total. The molecule has 156 valence electrons. The topological polar surface area (TPSA) is 86.4 Å². The maximum atomic E-state index is 13.1. The number of amides is 1. The number of nitrogens with zero attached hydrogens (tertiary/aromatic N) is 2. The van der Waals surface area contributed by atoms with Crippen LogP contribution in [0.4, 0.5) is 4.39 Å². The molecule has 2 heterocycles. The van der Waals surface area contributed by atoms with Gasteiger partial charge in [0, 0.05) is 11.6 Å². The van der Waals surface area contributed by atoms with Crippen LogP contribution in [0.15, 0.2) is 40.8 Å². The third kappa shape index (κ3) is 4.60. The quantitative estimate of drug-likeness (QED) is 0.471. The van der Waals surface area contributed by atoms with Crippen LogP contribution in [0.25, 0.3) is 11.8 Å². The fourth-order valence-corrected chi connectivity index (χ4v) is 3.12. The molecule has 0 saturated heterocycles. The van der Waals surface area contributed by atoms with E-state index in [1.165, 1.54) is 36.1 Å². The van der Waals surface area contributed by atoms with E-state index in [1.807, 2.05) is 0 Å². The molecule has 0 saturated carbocycles. The number of rotatable bonds is 6. The van der Waals surface area contributed by atoms with Crippen molar-refractivity contribution in [2.45, 2.75) is 20.4 Å². The molecule has 0 atom stereocenters. The number of methoxy groups -OCH3 is 1. The van der Waals surface area contributed by atoms with Gasteiger partial charge in [0.1, 0.15) is 28.1 Å². The largest absolute Gasteiger partial charge is 0.465 e. The molecule has 1 amide bonds. The van der Waals surface area contributed by atoms with Gasteiger partial charge < -0.3 is 14.5 Å². The van der Waals surface area contributed by atoms with Gasteiger partial charge in [0.25, 0.3) is 0 Å². The lowest BCUT2D eigenvalue weighted by Gasteiger charge is -2.02. The number of ether oxygens (including phenoxy) is 1. The second-order valence-corrected chi connectivity index (χ2v) is 6.76. The van der Waals surface area contributed by atoms with Crippen LogP contribution in [0.2, 0.25) is 5.15 Å². The van der Waals surface area contributed by atoms with Crippen molar-refractivity contribution >= 4 is 29.6 Å². The summed E-state index contributed by atoms with van der Waals surface area (Å²) in [6, 6.07) is 7.27. The second kappa shape index (κ2) is 8.96. The van der Waals surface area contributed by atoms with E-state index in [0.717, 1.165) is 0 Å². The van der Waals surface area contributed by atoms with Crippen molar-refractivity contribution in [3.63, 3.8) is 0 Å². The molecule has 30 heavy (non-hydrogen) atoms. The summed E-state index contributed by atoms with van der Waals surface area (Å²) >= 11 is 6.39. The Balaban J connectivity index is 1.68. The summed E-state index contributed by atoms with van der Waals surface area (Å²) in [6.45, 7) is 3.49. The number of carbonyl (C=O) groups excluding carboxylic acids is 2. The highest BCUT2D eigenvalue weighted by Crippen LogP contribution is 2.25. The van der Waals surface area contributed by atoms with Crippen molar-refractivity contribution in [3.05, 3.63) is 75.7 Å². The number of esters is 1. The van der Waals surface area contributed by atoms with Gasteiger partial charge >= 0.3 is 5.97 Å². The van der Waals surface area contributed by atoms with Crippen molar-refractivity contribution in [2.75, 3.05) is 7.11 Å². The fourth-order valence-electron chi connectivity index (χ4n) is 2.79. The van der Waals surface area contributed by atoms with Gasteiger partial charge in [0.05, 0.1) is 25.0 Å². The lowest BCUT2D eigenvalue weighted by molar-refractivity contribution is -0.116. The van der Waals surface area contributed by atoms with E-state index in [0.29, 0.717) is 39.2 Å². The van der Waals surface area contributed by atoms with Gasteiger partial charge in [-0.15, -0.1) is 0 Å². The molecular weight excluding hydrogens is 413 g/mol.